The van der Waals surface area contributed by atoms with Gasteiger partial charge in [0.05, 0.1) is 5.69 Å². The number of nitrogens with one attached hydrogen (secondary N) is 2. The Hall–Kier alpha value is -2.08. The van der Waals surface area contributed by atoms with Gasteiger partial charge in [0.2, 0.25) is 5.56 Å². The summed E-state index contributed by atoms with van der Waals surface area (Å²) in [7, 11) is -3.68. The van der Waals surface area contributed by atoms with Gasteiger partial charge in [0.25, 0.3) is 10.0 Å². The van der Waals surface area contributed by atoms with Crippen LogP contribution in [0.15, 0.2) is 52.3 Å². The first-order chi connectivity index (χ1) is 9.03. The van der Waals surface area contributed by atoms with E-state index in [4.69, 9.17) is 0 Å². The Kier molecular flexibility index (Phi) is 3.71. The van der Waals surface area contributed by atoms with Crippen LogP contribution in [-0.2, 0) is 16.4 Å². The average molecular weight is 278 g/mol. The van der Waals surface area contributed by atoms with Crippen LogP contribution in [0.4, 0.5) is 5.69 Å². The zero-order valence-electron chi connectivity index (χ0n) is 10.4. The van der Waals surface area contributed by atoms with Crippen molar-refractivity contribution in [1.29, 1.82) is 0 Å². The van der Waals surface area contributed by atoms with Gasteiger partial charge < -0.3 is 4.98 Å². The molecule has 0 bridgehead atoms. The lowest BCUT2D eigenvalue weighted by molar-refractivity contribution is 0.600. The minimum atomic E-state index is -3.68. The number of pyridine rings is 1. The number of sulfonamides is 1. The second-order valence-electron chi connectivity index (χ2n) is 4.00. The molecular formula is C13H14N2O3S. The summed E-state index contributed by atoms with van der Waals surface area (Å²) in [4.78, 5) is 13.3. The second kappa shape index (κ2) is 5.27. The molecule has 1 heterocycles. The van der Waals surface area contributed by atoms with Gasteiger partial charge in [-0.25, -0.2) is 8.42 Å². The van der Waals surface area contributed by atoms with E-state index in [2.05, 4.69) is 9.71 Å². The molecule has 19 heavy (non-hydrogen) atoms. The number of hydrogen-bond acceptors (Lipinski definition) is 3. The molecule has 0 saturated carbocycles. The van der Waals surface area contributed by atoms with Crippen molar-refractivity contribution in [2.75, 3.05) is 4.72 Å². The van der Waals surface area contributed by atoms with E-state index in [1.165, 1.54) is 18.3 Å². The number of para-hydroxylation sites is 1. The number of benzene rings is 1. The maximum Gasteiger partial charge on any atom is 0.263 e. The maximum atomic E-state index is 12.1. The van der Waals surface area contributed by atoms with Crippen LogP contribution in [-0.4, -0.2) is 13.4 Å². The molecule has 0 atom stereocenters. The molecule has 2 aromatic rings. The lowest BCUT2D eigenvalue weighted by Crippen LogP contribution is -2.16. The quantitative estimate of drug-likeness (QED) is 0.894. The lowest BCUT2D eigenvalue weighted by atomic mass is 10.1. The number of rotatable bonds is 4. The molecule has 2 N–H and O–H groups in total. The smallest absolute Gasteiger partial charge is 0.263 e. The van der Waals surface area contributed by atoms with E-state index in [1.54, 1.807) is 12.1 Å². The van der Waals surface area contributed by atoms with Crippen molar-refractivity contribution < 1.29 is 8.42 Å². The Morgan fingerprint density at radius 3 is 2.53 bits per heavy atom. The molecular weight excluding hydrogens is 264 g/mol. The molecule has 0 aliphatic heterocycles. The van der Waals surface area contributed by atoms with Crippen LogP contribution in [0.2, 0.25) is 0 Å². The molecule has 0 unspecified atom stereocenters. The fraction of sp³-hybridized carbons (Fsp3) is 0.154. The Morgan fingerprint density at radius 2 is 1.89 bits per heavy atom. The fourth-order valence-corrected chi connectivity index (χ4v) is 2.76. The molecule has 0 saturated heterocycles. The molecule has 5 nitrogen and oxygen atoms in total. The third-order valence-corrected chi connectivity index (χ3v) is 4.07. The van der Waals surface area contributed by atoms with E-state index in [0.29, 0.717) is 5.69 Å². The summed E-state index contributed by atoms with van der Waals surface area (Å²) in [6.45, 7) is 1.95. The SMILES string of the molecule is CCc1ccccc1NS(=O)(=O)c1ccc(=O)[nH]c1. The molecule has 1 aromatic heterocycles. The van der Waals surface area contributed by atoms with Crippen LogP contribution in [0.3, 0.4) is 0 Å². The molecule has 100 valence electrons. The van der Waals surface area contributed by atoms with E-state index in [0.717, 1.165) is 12.0 Å². The first kappa shape index (κ1) is 13.4. The van der Waals surface area contributed by atoms with Crippen LogP contribution < -0.4 is 10.3 Å². The third kappa shape index (κ3) is 3.03. The summed E-state index contributed by atoms with van der Waals surface area (Å²) in [5.74, 6) is 0. The fourth-order valence-electron chi connectivity index (χ4n) is 1.70. The Labute approximate surface area is 111 Å². The van der Waals surface area contributed by atoms with Gasteiger partial charge in [-0.3, -0.25) is 9.52 Å². The Morgan fingerprint density at radius 1 is 1.16 bits per heavy atom. The van der Waals surface area contributed by atoms with Crippen LogP contribution >= 0.6 is 0 Å². The Balaban J connectivity index is 2.36. The normalized spacial score (nSPS) is 11.2. The predicted molar refractivity (Wildman–Crippen MR) is 73.7 cm³/mol. The maximum absolute atomic E-state index is 12.1. The number of aromatic amines is 1. The van der Waals surface area contributed by atoms with E-state index in [1.807, 2.05) is 19.1 Å². The molecule has 0 spiro atoms. The van der Waals surface area contributed by atoms with E-state index in [-0.39, 0.29) is 10.5 Å². The topological polar surface area (TPSA) is 79.0 Å². The van der Waals surface area contributed by atoms with E-state index in [9.17, 15) is 13.2 Å². The van der Waals surface area contributed by atoms with Gasteiger partial charge in [-0.1, -0.05) is 25.1 Å². The minimum Gasteiger partial charge on any atom is -0.328 e. The number of H-pyrrole nitrogens is 1. The largest absolute Gasteiger partial charge is 0.328 e. The van der Waals surface area contributed by atoms with Crippen LogP contribution in [0.1, 0.15) is 12.5 Å². The van der Waals surface area contributed by atoms with Crippen LogP contribution in [0, 0.1) is 0 Å². The summed E-state index contributed by atoms with van der Waals surface area (Å²) in [6, 6.07) is 9.66. The van der Waals surface area contributed by atoms with Gasteiger partial charge in [0.15, 0.2) is 0 Å². The molecule has 2 rings (SSSR count). The predicted octanol–water partition coefficient (Wildman–Crippen LogP) is 1.74. The average Bonchev–Trinajstić information content (AvgIpc) is 2.39. The summed E-state index contributed by atoms with van der Waals surface area (Å²) < 4.78 is 26.8. The Bertz CT molecular complexity index is 715. The summed E-state index contributed by atoms with van der Waals surface area (Å²) >= 11 is 0. The molecule has 0 radical (unpaired) electrons. The van der Waals surface area contributed by atoms with Crippen molar-refractivity contribution in [3.8, 4) is 0 Å². The van der Waals surface area contributed by atoms with Crippen LogP contribution in [0.25, 0.3) is 0 Å². The summed E-state index contributed by atoms with van der Waals surface area (Å²) in [5, 5.41) is 0. The standard InChI is InChI=1S/C13H14N2O3S/c1-2-10-5-3-4-6-12(10)15-19(17,18)11-7-8-13(16)14-9-11/h3-9,15H,2H2,1H3,(H,14,16). The van der Waals surface area contributed by atoms with E-state index >= 15 is 0 Å². The molecule has 0 fully saturated rings. The number of hydrogen-bond donors (Lipinski definition) is 2. The zero-order chi connectivity index (χ0) is 13.9. The molecule has 6 heteroatoms. The van der Waals surface area contributed by atoms with Crippen molar-refractivity contribution in [3.63, 3.8) is 0 Å². The lowest BCUT2D eigenvalue weighted by Gasteiger charge is -2.11. The third-order valence-electron chi connectivity index (χ3n) is 2.71. The van der Waals surface area contributed by atoms with Gasteiger partial charge in [0.1, 0.15) is 4.90 Å². The summed E-state index contributed by atoms with van der Waals surface area (Å²) in [6.07, 6.45) is 1.91. The van der Waals surface area contributed by atoms with E-state index < -0.39 is 10.0 Å². The summed E-state index contributed by atoms with van der Waals surface area (Å²) in [5.41, 5.74) is 1.12. The van der Waals surface area contributed by atoms with Crippen LogP contribution in [0.5, 0.6) is 0 Å². The van der Waals surface area contributed by atoms with Gasteiger partial charge in [-0.2, -0.15) is 0 Å². The highest BCUT2D eigenvalue weighted by atomic mass is 32.2. The minimum absolute atomic E-state index is 0.0259. The van der Waals surface area contributed by atoms with Gasteiger partial charge in [-0.15, -0.1) is 0 Å². The van der Waals surface area contributed by atoms with Gasteiger partial charge in [0, 0.05) is 12.3 Å². The molecule has 0 aliphatic carbocycles. The van der Waals surface area contributed by atoms with Crippen molar-refractivity contribution >= 4 is 15.7 Å². The molecule has 1 aromatic carbocycles. The first-order valence-electron chi connectivity index (χ1n) is 5.82. The van der Waals surface area contributed by atoms with Crippen molar-refractivity contribution in [2.24, 2.45) is 0 Å². The molecule has 0 amide bonds. The van der Waals surface area contributed by atoms with Crippen molar-refractivity contribution in [1.82, 2.24) is 4.98 Å². The number of anilines is 1. The highest BCUT2D eigenvalue weighted by molar-refractivity contribution is 7.92. The first-order valence-corrected chi connectivity index (χ1v) is 7.30. The second-order valence-corrected chi connectivity index (χ2v) is 5.69. The monoisotopic (exact) mass is 278 g/mol. The molecule has 0 aliphatic rings. The van der Waals surface area contributed by atoms with Crippen molar-refractivity contribution in [3.05, 3.63) is 58.5 Å². The van der Waals surface area contributed by atoms with Gasteiger partial charge >= 0.3 is 0 Å². The number of aromatic nitrogens is 1. The van der Waals surface area contributed by atoms with Gasteiger partial charge in [-0.05, 0) is 24.1 Å². The highest BCUT2D eigenvalue weighted by Crippen LogP contribution is 2.19. The van der Waals surface area contributed by atoms with Crippen molar-refractivity contribution in [2.45, 2.75) is 18.2 Å². The zero-order valence-corrected chi connectivity index (χ0v) is 11.2. The highest BCUT2D eigenvalue weighted by Gasteiger charge is 2.15. The number of aryl methyl sites for hydroxylation is 1.